The van der Waals surface area contributed by atoms with Gasteiger partial charge in [-0.3, -0.25) is 4.79 Å². The van der Waals surface area contributed by atoms with E-state index < -0.39 is 17.0 Å². The molecule has 1 rings (SSSR count). The smallest absolute Gasteiger partial charge is 0.312 e. The molecular weight excluding hydrogens is 180 g/mol. The molecule has 0 aliphatic heterocycles. The first-order chi connectivity index (χ1) is 6.29. The van der Waals surface area contributed by atoms with Crippen LogP contribution >= 0.6 is 0 Å². The maximum Gasteiger partial charge on any atom is 0.312 e. The Balaban J connectivity index is 3.03. The molecule has 0 amide bonds. The molecule has 0 radical (unpaired) electrons. The Bertz CT molecular complexity index is 273. The van der Waals surface area contributed by atoms with Gasteiger partial charge in [0, 0.05) is 0 Å². The van der Waals surface area contributed by atoms with Crippen LogP contribution in [0.4, 0.5) is 0 Å². The van der Waals surface area contributed by atoms with Crippen LogP contribution in [0.3, 0.4) is 0 Å². The Morgan fingerprint density at radius 1 is 1.57 bits per heavy atom. The molecule has 0 heterocycles. The van der Waals surface area contributed by atoms with E-state index in [1.54, 1.807) is 13.8 Å². The van der Waals surface area contributed by atoms with Gasteiger partial charge in [0.05, 0.1) is 11.0 Å². The molecule has 2 N–H and O–H groups in total. The van der Waals surface area contributed by atoms with Gasteiger partial charge < -0.3 is 10.2 Å². The maximum absolute atomic E-state index is 11.2. The van der Waals surface area contributed by atoms with E-state index in [-0.39, 0.29) is 0 Å². The van der Waals surface area contributed by atoms with Crippen molar-refractivity contribution in [2.45, 2.75) is 45.6 Å². The van der Waals surface area contributed by atoms with Crippen LogP contribution in [0.25, 0.3) is 0 Å². The third kappa shape index (κ3) is 1.69. The van der Waals surface area contributed by atoms with Gasteiger partial charge in [-0.05, 0) is 40.0 Å². The molecule has 1 aliphatic rings. The summed E-state index contributed by atoms with van der Waals surface area (Å²) in [6.07, 6.45) is 3.64. The van der Waals surface area contributed by atoms with Gasteiger partial charge in [0.25, 0.3) is 0 Å². The van der Waals surface area contributed by atoms with E-state index in [2.05, 4.69) is 0 Å². The number of aliphatic carboxylic acids is 1. The van der Waals surface area contributed by atoms with Crippen LogP contribution in [-0.4, -0.2) is 21.8 Å². The molecule has 0 aromatic rings. The van der Waals surface area contributed by atoms with Crippen LogP contribution in [0.1, 0.15) is 40.0 Å². The van der Waals surface area contributed by atoms with Crippen molar-refractivity contribution < 1.29 is 15.0 Å². The highest BCUT2D eigenvalue weighted by Gasteiger charge is 2.50. The fourth-order valence-electron chi connectivity index (χ4n) is 1.97. The first-order valence-electron chi connectivity index (χ1n) is 4.91. The second kappa shape index (κ2) is 3.39. The molecule has 0 aromatic carbocycles. The minimum atomic E-state index is -1.17. The number of carboxylic acids is 1. The normalized spacial score (nSPS) is 28.4. The average Bonchev–Trinajstić information content (AvgIpc) is 2.02. The van der Waals surface area contributed by atoms with Crippen LogP contribution < -0.4 is 0 Å². The highest BCUT2D eigenvalue weighted by molar-refractivity contribution is 5.76. The van der Waals surface area contributed by atoms with Gasteiger partial charge in [-0.1, -0.05) is 11.6 Å². The van der Waals surface area contributed by atoms with Gasteiger partial charge >= 0.3 is 5.97 Å². The molecule has 0 aromatic heterocycles. The summed E-state index contributed by atoms with van der Waals surface area (Å²) in [6.45, 7) is 5.15. The summed E-state index contributed by atoms with van der Waals surface area (Å²) < 4.78 is 0. The summed E-state index contributed by atoms with van der Waals surface area (Å²) in [6, 6.07) is 0. The molecule has 1 atom stereocenters. The quantitative estimate of drug-likeness (QED) is 0.667. The number of allylic oxidation sites excluding steroid dienone is 2. The Labute approximate surface area is 84.4 Å². The van der Waals surface area contributed by atoms with E-state index >= 15 is 0 Å². The zero-order valence-electron chi connectivity index (χ0n) is 9.00. The molecule has 0 saturated carbocycles. The fraction of sp³-hybridized carbons (Fsp3) is 0.727. The van der Waals surface area contributed by atoms with E-state index in [0.29, 0.717) is 12.8 Å². The first kappa shape index (κ1) is 11.2. The van der Waals surface area contributed by atoms with Gasteiger partial charge in [0.2, 0.25) is 0 Å². The molecule has 0 bridgehead atoms. The molecule has 0 saturated heterocycles. The molecule has 1 aliphatic carbocycles. The molecule has 0 fully saturated rings. The lowest BCUT2D eigenvalue weighted by Gasteiger charge is -2.41. The first-order valence-corrected chi connectivity index (χ1v) is 4.91. The lowest BCUT2D eigenvalue weighted by atomic mass is 9.65. The van der Waals surface area contributed by atoms with Gasteiger partial charge in [0.15, 0.2) is 0 Å². The van der Waals surface area contributed by atoms with Crippen molar-refractivity contribution in [3.05, 3.63) is 11.6 Å². The Morgan fingerprint density at radius 2 is 2.14 bits per heavy atom. The zero-order chi connectivity index (χ0) is 11.0. The molecule has 0 spiro atoms. The van der Waals surface area contributed by atoms with E-state index in [4.69, 9.17) is 0 Å². The van der Waals surface area contributed by atoms with E-state index in [0.717, 1.165) is 6.42 Å². The van der Waals surface area contributed by atoms with Crippen molar-refractivity contribution in [1.29, 1.82) is 0 Å². The second-order valence-corrected chi connectivity index (χ2v) is 4.70. The average molecular weight is 198 g/mol. The summed E-state index contributed by atoms with van der Waals surface area (Å²) in [5.74, 6) is -0.895. The van der Waals surface area contributed by atoms with E-state index in [1.807, 2.05) is 13.0 Å². The Morgan fingerprint density at radius 3 is 2.43 bits per heavy atom. The SMILES string of the molecule is CC1=CCC(C(=O)O)(C(C)(C)O)CC1. The van der Waals surface area contributed by atoms with Crippen molar-refractivity contribution in [3.8, 4) is 0 Å². The minimum absolute atomic E-state index is 0.428. The predicted molar refractivity (Wildman–Crippen MR) is 54.0 cm³/mol. The van der Waals surface area contributed by atoms with Crippen LogP contribution in [0.15, 0.2) is 11.6 Å². The van der Waals surface area contributed by atoms with Crippen LogP contribution in [0.5, 0.6) is 0 Å². The van der Waals surface area contributed by atoms with Gasteiger partial charge in [0.1, 0.15) is 0 Å². The highest BCUT2D eigenvalue weighted by atomic mass is 16.4. The number of aliphatic hydroxyl groups is 1. The van der Waals surface area contributed by atoms with E-state index in [9.17, 15) is 15.0 Å². The minimum Gasteiger partial charge on any atom is -0.481 e. The standard InChI is InChI=1S/C11H18O3/c1-8-4-6-11(7-5-8,9(12)13)10(2,3)14/h4,14H,5-7H2,1-3H3,(H,12,13). The second-order valence-electron chi connectivity index (χ2n) is 4.70. The summed E-state index contributed by atoms with van der Waals surface area (Å²) in [4.78, 5) is 11.2. The molecule has 14 heavy (non-hydrogen) atoms. The topological polar surface area (TPSA) is 57.5 Å². The Kier molecular flexibility index (Phi) is 2.72. The predicted octanol–water partition coefficient (Wildman–Crippen LogP) is 1.96. The third-order valence-electron chi connectivity index (χ3n) is 3.33. The summed E-state index contributed by atoms with van der Waals surface area (Å²) in [5, 5.41) is 19.2. The van der Waals surface area contributed by atoms with Crippen molar-refractivity contribution in [2.24, 2.45) is 5.41 Å². The third-order valence-corrected chi connectivity index (χ3v) is 3.33. The summed E-state index contributed by atoms with van der Waals surface area (Å²) in [7, 11) is 0. The summed E-state index contributed by atoms with van der Waals surface area (Å²) >= 11 is 0. The number of carboxylic acid groups (broad SMARTS) is 1. The van der Waals surface area contributed by atoms with Gasteiger partial charge in [-0.25, -0.2) is 0 Å². The van der Waals surface area contributed by atoms with E-state index in [1.165, 1.54) is 5.57 Å². The largest absolute Gasteiger partial charge is 0.481 e. The fourth-order valence-corrected chi connectivity index (χ4v) is 1.97. The summed E-state index contributed by atoms with van der Waals surface area (Å²) in [5.41, 5.74) is -0.964. The monoisotopic (exact) mass is 198 g/mol. The Hall–Kier alpha value is -0.830. The number of carbonyl (C=O) groups is 1. The van der Waals surface area contributed by atoms with Crippen molar-refractivity contribution in [3.63, 3.8) is 0 Å². The zero-order valence-corrected chi connectivity index (χ0v) is 9.00. The molecule has 1 unspecified atom stereocenters. The van der Waals surface area contributed by atoms with Gasteiger partial charge in [-0.15, -0.1) is 0 Å². The molecule has 3 heteroatoms. The highest BCUT2D eigenvalue weighted by Crippen LogP contribution is 2.44. The van der Waals surface area contributed by atoms with Crippen LogP contribution in [-0.2, 0) is 4.79 Å². The van der Waals surface area contributed by atoms with Crippen molar-refractivity contribution >= 4 is 5.97 Å². The van der Waals surface area contributed by atoms with Crippen LogP contribution in [0.2, 0.25) is 0 Å². The van der Waals surface area contributed by atoms with Gasteiger partial charge in [-0.2, -0.15) is 0 Å². The number of hydrogen-bond donors (Lipinski definition) is 2. The van der Waals surface area contributed by atoms with Crippen LogP contribution in [0, 0.1) is 5.41 Å². The lowest BCUT2D eigenvalue weighted by molar-refractivity contribution is -0.166. The molecule has 3 nitrogen and oxygen atoms in total. The molecule has 80 valence electrons. The molecular formula is C11H18O3. The maximum atomic E-state index is 11.2. The lowest BCUT2D eigenvalue weighted by Crippen LogP contribution is -2.50. The number of hydrogen-bond acceptors (Lipinski definition) is 2. The van der Waals surface area contributed by atoms with Crippen molar-refractivity contribution in [1.82, 2.24) is 0 Å². The number of rotatable bonds is 2. The van der Waals surface area contributed by atoms with Crippen molar-refractivity contribution in [2.75, 3.05) is 0 Å².